The summed E-state index contributed by atoms with van der Waals surface area (Å²) in [6.07, 6.45) is 1.56. The molecular formula is C13H11Br2FN2. The molecular weight excluding hydrogens is 363 g/mol. The van der Waals surface area contributed by atoms with Crippen LogP contribution >= 0.6 is 31.9 Å². The zero-order valence-corrected chi connectivity index (χ0v) is 13.1. The molecule has 0 amide bonds. The van der Waals surface area contributed by atoms with Crippen LogP contribution in [0.3, 0.4) is 0 Å². The summed E-state index contributed by atoms with van der Waals surface area (Å²) < 4.78 is 15.2. The Balaban J connectivity index is 2.40. The minimum atomic E-state index is -0.392. The lowest BCUT2D eigenvalue weighted by Crippen LogP contribution is -2.00. The number of aryl methyl sites for hydroxylation is 2. The summed E-state index contributed by atoms with van der Waals surface area (Å²) in [4.78, 5) is 4.02. The van der Waals surface area contributed by atoms with Crippen molar-refractivity contribution in [3.63, 3.8) is 0 Å². The van der Waals surface area contributed by atoms with Gasteiger partial charge in [0.25, 0.3) is 0 Å². The first-order chi connectivity index (χ1) is 8.47. The van der Waals surface area contributed by atoms with Crippen molar-refractivity contribution in [2.24, 2.45) is 0 Å². The number of rotatable bonds is 2. The van der Waals surface area contributed by atoms with Crippen LogP contribution in [0.4, 0.5) is 15.9 Å². The molecule has 0 radical (unpaired) electrons. The third kappa shape index (κ3) is 2.90. The number of halogens is 3. The van der Waals surface area contributed by atoms with Crippen LogP contribution in [0, 0.1) is 19.7 Å². The fraction of sp³-hybridized carbons (Fsp3) is 0.154. The summed E-state index contributed by atoms with van der Waals surface area (Å²) in [7, 11) is 0. The van der Waals surface area contributed by atoms with E-state index in [1.165, 1.54) is 6.07 Å². The number of nitrogens with zero attached hydrogens (tertiary/aromatic N) is 1. The van der Waals surface area contributed by atoms with Crippen molar-refractivity contribution in [2.75, 3.05) is 5.32 Å². The first-order valence-corrected chi connectivity index (χ1v) is 6.91. The van der Waals surface area contributed by atoms with Crippen molar-refractivity contribution in [3.05, 3.63) is 50.3 Å². The molecule has 18 heavy (non-hydrogen) atoms. The van der Waals surface area contributed by atoms with Crippen molar-refractivity contribution < 1.29 is 4.39 Å². The zero-order chi connectivity index (χ0) is 13.3. The Morgan fingerprint density at radius 2 is 1.89 bits per heavy atom. The predicted molar refractivity (Wildman–Crippen MR) is 78.8 cm³/mol. The Kier molecular flexibility index (Phi) is 4.02. The number of nitrogens with one attached hydrogen (secondary N) is 1. The van der Waals surface area contributed by atoms with E-state index in [2.05, 4.69) is 42.2 Å². The van der Waals surface area contributed by atoms with E-state index in [0.29, 0.717) is 4.47 Å². The molecule has 0 bridgehead atoms. The van der Waals surface area contributed by atoms with Crippen LogP contribution in [0.1, 0.15) is 11.1 Å². The number of benzene rings is 1. The average molecular weight is 374 g/mol. The number of hydrogen-bond acceptors (Lipinski definition) is 2. The van der Waals surface area contributed by atoms with Gasteiger partial charge >= 0.3 is 0 Å². The van der Waals surface area contributed by atoms with E-state index in [4.69, 9.17) is 0 Å². The minimum absolute atomic E-state index is 0.214. The number of hydrogen-bond donors (Lipinski definition) is 1. The Labute approximate surface area is 122 Å². The Morgan fingerprint density at radius 1 is 1.17 bits per heavy atom. The summed E-state index contributed by atoms with van der Waals surface area (Å²) in [5.41, 5.74) is 3.01. The monoisotopic (exact) mass is 372 g/mol. The molecule has 1 aromatic carbocycles. The Morgan fingerprint density at radius 3 is 2.50 bits per heavy atom. The quantitative estimate of drug-likeness (QED) is 0.791. The van der Waals surface area contributed by atoms with Crippen LogP contribution in [0.5, 0.6) is 0 Å². The molecule has 2 aromatic rings. The van der Waals surface area contributed by atoms with E-state index in [1.807, 2.05) is 26.0 Å². The highest BCUT2D eigenvalue weighted by Crippen LogP contribution is 2.31. The summed E-state index contributed by atoms with van der Waals surface area (Å²) >= 11 is 6.65. The summed E-state index contributed by atoms with van der Waals surface area (Å²) in [6.45, 7) is 3.98. The Bertz CT molecular complexity index is 577. The normalized spacial score (nSPS) is 10.5. The third-order valence-electron chi connectivity index (χ3n) is 2.48. The highest BCUT2D eigenvalue weighted by atomic mass is 79.9. The Hall–Kier alpha value is -0.940. The second-order valence-electron chi connectivity index (χ2n) is 4.05. The first kappa shape index (κ1) is 13.5. The van der Waals surface area contributed by atoms with Crippen molar-refractivity contribution in [3.8, 4) is 0 Å². The van der Waals surface area contributed by atoms with Gasteiger partial charge in [0.1, 0.15) is 0 Å². The smallest absolute Gasteiger partial charge is 0.166 e. The van der Waals surface area contributed by atoms with Gasteiger partial charge in [-0.15, -0.1) is 0 Å². The second-order valence-corrected chi connectivity index (χ2v) is 5.82. The molecule has 2 rings (SSSR count). The van der Waals surface area contributed by atoms with Crippen molar-refractivity contribution in [2.45, 2.75) is 13.8 Å². The molecule has 0 spiro atoms. The van der Waals surface area contributed by atoms with Gasteiger partial charge < -0.3 is 5.32 Å². The van der Waals surface area contributed by atoms with Gasteiger partial charge in [0, 0.05) is 15.1 Å². The van der Waals surface area contributed by atoms with Gasteiger partial charge in [-0.2, -0.15) is 0 Å². The molecule has 0 saturated heterocycles. The maximum atomic E-state index is 13.7. The van der Waals surface area contributed by atoms with E-state index < -0.39 is 5.82 Å². The standard InChI is InChI=1S/C13H11Br2FN2/c1-7-3-8(2)12(10(15)4-7)18-13-11(16)5-9(14)6-17-13/h3-6H,1-2H3,(H,17,18). The lowest BCUT2D eigenvalue weighted by atomic mass is 10.1. The fourth-order valence-corrected chi connectivity index (χ4v) is 2.78. The van der Waals surface area contributed by atoms with Gasteiger partial charge in [0.05, 0.1) is 5.69 Å². The first-order valence-electron chi connectivity index (χ1n) is 5.32. The van der Waals surface area contributed by atoms with E-state index in [-0.39, 0.29) is 5.82 Å². The number of anilines is 2. The third-order valence-corrected chi connectivity index (χ3v) is 3.54. The number of pyridine rings is 1. The van der Waals surface area contributed by atoms with E-state index >= 15 is 0 Å². The van der Waals surface area contributed by atoms with Crippen molar-refractivity contribution >= 4 is 43.4 Å². The highest BCUT2D eigenvalue weighted by molar-refractivity contribution is 9.10. The summed E-state index contributed by atoms with van der Waals surface area (Å²) in [5, 5.41) is 3.01. The molecule has 1 heterocycles. The lowest BCUT2D eigenvalue weighted by Gasteiger charge is -2.12. The molecule has 94 valence electrons. The van der Waals surface area contributed by atoms with Crippen LogP contribution in [0.25, 0.3) is 0 Å². The van der Waals surface area contributed by atoms with Gasteiger partial charge in [-0.25, -0.2) is 9.37 Å². The topological polar surface area (TPSA) is 24.9 Å². The molecule has 0 unspecified atom stereocenters. The predicted octanol–water partition coefficient (Wildman–Crippen LogP) is 5.11. The average Bonchev–Trinajstić information content (AvgIpc) is 2.25. The van der Waals surface area contributed by atoms with E-state index in [0.717, 1.165) is 21.3 Å². The molecule has 0 fully saturated rings. The van der Waals surface area contributed by atoms with Crippen LogP contribution in [-0.2, 0) is 0 Å². The molecule has 0 saturated carbocycles. The van der Waals surface area contributed by atoms with E-state index in [1.54, 1.807) is 6.20 Å². The van der Waals surface area contributed by atoms with Crippen LogP contribution in [0.2, 0.25) is 0 Å². The maximum absolute atomic E-state index is 13.7. The van der Waals surface area contributed by atoms with Crippen LogP contribution in [-0.4, -0.2) is 4.98 Å². The van der Waals surface area contributed by atoms with Crippen molar-refractivity contribution in [1.82, 2.24) is 4.98 Å². The van der Waals surface area contributed by atoms with Gasteiger partial charge in [0.2, 0.25) is 0 Å². The summed E-state index contributed by atoms with van der Waals surface area (Å²) in [5.74, 6) is -0.179. The molecule has 0 aliphatic rings. The van der Waals surface area contributed by atoms with Gasteiger partial charge in [-0.3, -0.25) is 0 Å². The zero-order valence-electron chi connectivity index (χ0n) is 9.89. The lowest BCUT2D eigenvalue weighted by molar-refractivity contribution is 0.625. The molecule has 0 atom stereocenters. The maximum Gasteiger partial charge on any atom is 0.166 e. The van der Waals surface area contributed by atoms with Crippen LogP contribution in [0.15, 0.2) is 33.3 Å². The van der Waals surface area contributed by atoms with Crippen molar-refractivity contribution in [1.29, 1.82) is 0 Å². The highest BCUT2D eigenvalue weighted by Gasteiger charge is 2.09. The molecule has 1 N–H and O–H groups in total. The molecule has 2 nitrogen and oxygen atoms in total. The van der Waals surface area contributed by atoms with Crippen LogP contribution < -0.4 is 5.32 Å². The molecule has 5 heteroatoms. The van der Waals surface area contributed by atoms with Gasteiger partial charge in [-0.05, 0) is 69.0 Å². The molecule has 0 aliphatic heterocycles. The summed E-state index contributed by atoms with van der Waals surface area (Å²) in [6, 6.07) is 5.39. The molecule has 0 aliphatic carbocycles. The fourth-order valence-electron chi connectivity index (χ4n) is 1.70. The SMILES string of the molecule is Cc1cc(C)c(Nc2ncc(Br)cc2F)c(Br)c1. The minimum Gasteiger partial charge on any atom is -0.337 e. The molecule has 1 aromatic heterocycles. The van der Waals surface area contributed by atoms with Gasteiger partial charge in [0.15, 0.2) is 11.6 Å². The van der Waals surface area contributed by atoms with E-state index in [9.17, 15) is 4.39 Å². The number of aromatic nitrogens is 1. The van der Waals surface area contributed by atoms with Gasteiger partial charge in [-0.1, -0.05) is 6.07 Å². The second kappa shape index (κ2) is 5.36. The largest absolute Gasteiger partial charge is 0.337 e.